The van der Waals surface area contributed by atoms with Crippen molar-refractivity contribution in [1.29, 1.82) is 0 Å². The number of allylic oxidation sites excluding steroid dienone is 4. The Labute approximate surface area is 155 Å². The quantitative estimate of drug-likeness (QED) is 0.794. The first-order valence-electron chi connectivity index (χ1n) is 9.36. The number of hydrogen-bond donors (Lipinski definition) is 2. The van der Waals surface area contributed by atoms with Gasteiger partial charge >= 0.3 is 0 Å². The Morgan fingerprint density at radius 1 is 0.846 bits per heavy atom. The molecule has 0 radical (unpaired) electrons. The number of aliphatic imine (C=N–C) groups is 2. The molecule has 1 saturated carbocycles. The van der Waals surface area contributed by atoms with Gasteiger partial charge in [-0.1, -0.05) is 12.8 Å². The van der Waals surface area contributed by atoms with E-state index in [1.807, 2.05) is 13.8 Å². The topological polar surface area (TPSA) is 82.9 Å². The molecule has 2 unspecified atom stereocenters. The van der Waals surface area contributed by atoms with Crippen LogP contribution in [-0.2, 0) is 9.59 Å². The first kappa shape index (κ1) is 20.1. The highest BCUT2D eigenvalue weighted by molar-refractivity contribution is 6.13. The minimum absolute atomic E-state index is 0.00427. The molecule has 0 aromatic heterocycles. The Morgan fingerprint density at radius 2 is 1.23 bits per heavy atom. The summed E-state index contributed by atoms with van der Waals surface area (Å²) in [6, 6.07) is 0.407. The molecule has 6 heteroatoms. The molecule has 0 saturated heterocycles. The molecule has 26 heavy (non-hydrogen) atoms. The van der Waals surface area contributed by atoms with E-state index < -0.39 is 0 Å². The molecule has 2 N–H and O–H groups in total. The lowest BCUT2D eigenvalue weighted by Crippen LogP contribution is -2.49. The van der Waals surface area contributed by atoms with Crippen LogP contribution in [0.1, 0.15) is 53.4 Å². The van der Waals surface area contributed by atoms with Gasteiger partial charge in [0.1, 0.15) is 0 Å². The van der Waals surface area contributed by atoms with Gasteiger partial charge < -0.3 is 10.6 Å². The molecule has 1 heterocycles. The summed E-state index contributed by atoms with van der Waals surface area (Å²) in [5.74, 6) is 0.00853. The average Bonchev–Trinajstić information content (AvgIpc) is 2.57. The van der Waals surface area contributed by atoms with E-state index in [2.05, 4.69) is 20.6 Å². The first-order valence-corrected chi connectivity index (χ1v) is 9.36. The van der Waals surface area contributed by atoms with E-state index in [-0.39, 0.29) is 23.7 Å². The second-order valence-electron chi connectivity index (χ2n) is 7.05. The van der Waals surface area contributed by atoms with Gasteiger partial charge in [0.2, 0.25) is 0 Å². The summed E-state index contributed by atoms with van der Waals surface area (Å²) in [6.45, 7) is 7.95. The van der Waals surface area contributed by atoms with Gasteiger partial charge in [0.05, 0.1) is 24.2 Å². The standard InChI is InChI=1S/C20H30N4O2/c1-13-17(15(3)25)11-21-9-10-22-12-18(16(4)26)14(2)24-20-8-6-5-7-19(20)23-13/h11-12,19-20,23-24H,5-10H2,1-4H3/b17-13-,18-14+,21-11?,22-12?. The average molecular weight is 358 g/mol. The molecular weight excluding hydrogens is 328 g/mol. The fraction of sp³-hybridized carbons (Fsp3) is 0.600. The number of nitrogens with one attached hydrogen (secondary N) is 2. The number of fused-ring (bicyclic) bond motifs is 1. The maximum Gasteiger partial charge on any atom is 0.163 e. The van der Waals surface area contributed by atoms with Gasteiger partial charge in [-0.3, -0.25) is 19.6 Å². The number of rotatable bonds is 2. The van der Waals surface area contributed by atoms with Gasteiger partial charge in [-0.05, 0) is 40.5 Å². The number of hydrogen-bond acceptors (Lipinski definition) is 6. The van der Waals surface area contributed by atoms with Gasteiger partial charge in [0.15, 0.2) is 11.6 Å². The van der Waals surface area contributed by atoms with E-state index >= 15 is 0 Å². The largest absolute Gasteiger partial charge is 0.383 e. The third kappa shape index (κ3) is 5.38. The minimum Gasteiger partial charge on any atom is -0.383 e. The van der Waals surface area contributed by atoms with Crippen molar-refractivity contribution in [2.75, 3.05) is 13.1 Å². The lowest BCUT2D eigenvalue weighted by molar-refractivity contribution is -0.114. The summed E-state index contributed by atoms with van der Waals surface area (Å²) in [4.78, 5) is 32.7. The predicted octanol–water partition coefficient (Wildman–Crippen LogP) is 2.36. The summed E-state index contributed by atoms with van der Waals surface area (Å²) in [5, 5.41) is 7.07. The van der Waals surface area contributed by atoms with Crippen LogP contribution in [0.2, 0.25) is 0 Å². The molecule has 0 bridgehead atoms. The van der Waals surface area contributed by atoms with Gasteiger partial charge in [0, 0.05) is 35.9 Å². The van der Waals surface area contributed by atoms with Crippen LogP contribution in [0.4, 0.5) is 0 Å². The van der Waals surface area contributed by atoms with Crippen LogP contribution in [0.25, 0.3) is 0 Å². The Kier molecular flexibility index (Phi) is 7.30. The second-order valence-corrected chi connectivity index (χ2v) is 7.05. The predicted molar refractivity (Wildman–Crippen MR) is 106 cm³/mol. The zero-order valence-electron chi connectivity index (χ0n) is 16.3. The molecule has 1 aliphatic heterocycles. The van der Waals surface area contributed by atoms with Gasteiger partial charge in [-0.25, -0.2) is 0 Å². The SMILES string of the molecule is CC(=O)/C1=C(/C)NC2CCCCC2N/C(C)=C(/C(C)=O)C=NCCN=C1. The monoisotopic (exact) mass is 358 g/mol. The summed E-state index contributed by atoms with van der Waals surface area (Å²) >= 11 is 0. The summed E-state index contributed by atoms with van der Waals surface area (Å²) in [5.41, 5.74) is 2.95. The molecule has 6 nitrogen and oxygen atoms in total. The van der Waals surface area contributed by atoms with Crippen molar-refractivity contribution in [3.8, 4) is 0 Å². The van der Waals surface area contributed by atoms with Crippen LogP contribution in [0.5, 0.6) is 0 Å². The second kappa shape index (κ2) is 9.46. The molecule has 0 aromatic carbocycles. The minimum atomic E-state index is 0.00427. The Bertz CT molecular complexity index is 615. The first-order chi connectivity index (χ1) is 12.4. The van der Waals surface area contributed by atoms with Crippen molar-refractivity contribution in [2.45, 2.75) is 65.5 Å². The molecule has 1 fully saturated rings. The van der Waals surface area contributed by atoms with Crippen LogP contribution in [-0.4, -0.2) is 49.2 Å². The van der Waals surface area contributed by atoms with Gasteiger partial charge in [0.25, 0.3) is 0 Å². The van der Waals surface area contributed by atoms with Crippen molar-refractivity contribution in [3.63, 3.8) is 0 Å². The normalized spacial score (nSPS) is 30.6. The van der Waals surface area contributed by atoms with Crippen LogP contribution < -0.4 is 10.6 Å². The van der Waals surface area contributed by atoms with E-state index in [0.717, 1.165) is 37.1 Å². The Morgan fingerprint density at radius 3 is 1.58 bits per heavy atom. The van der Waals surface area contributed by atoms with Crippen molar-refractivity contribution >= 4 is 24.0 Å². The molecule has 142 valence electrons. The van der Waals surface area contributed by atoms with E-state index in [9.17, 15) is 9.59 Å². The van der Waals surface area contributed by atoms with E-state index in [4.69, 9.17) is 0 Å². The lowest BCUT2D eigenvalue weighted by Gasteiger charge is -2.35. The van der Waals surface area contributed by atoms with Crippen molar-refractivity contribution in [3.05, 3.63) is 22.5 Å². The van der Waals surface area contributed by atoms with Crippen LogP contribution >= 0.6 is 0 Å². The number of ketones is 2. The Balaban J connectivity index is 2.39. The van der Waals surface area contributed by atoms with E-state index in [1.54, 1.807) is 26.3 Å². The van der Waals surface area contributed by atoms with Crippen LogP contribution in [0.15, 0.2) is 32.5 Å². The zero-order valence-corrected chi connectivity index (χ0v) is 16.3. The fourth-order valence-electron chi connectivity index (χ4n) is 3.52. The number of carbonyl (C=O) groups excluding carboxylic acids is 2. The molecule has 0 aromatic rings. The fourth-order valence-corrected chi connectivity index (χ4v) is 3.52. The zero-order chi connectivity index (χ0) is 19.1. The number of carbonyl (C=O) groups is 2. The highest BCUT2D eigenvalue weighted by Crippen LogP contribution is 2.21. The van der Waals surface area contributed by atoms with Crippen molar-refractivity contribution in [2.24, 2.45) is 9.98 Å². The molecule has 2 atom stereocenters. The number of nitrogens with zero attached hydrogens (tertiary/aromatic N) is 2. The molecule has 0 amide bonds. The summed E-state index contributed by atoms with van der Waals surface area (Å²) in [7, 11) is 0. The van der Waals surface area contributed by atoms with Crippen molar-refractivity contribution in [1.82, 2.24) is 10.6 Å². The smallest absolute Gasteiger partial charge is 0.163 e. The number of Topliss-reactive ketones (excluding diaryl/α,β-unsaturated/α-hetero) is 2. The van der Waals surface area contributed by atoms with E-state index in [1.165, 1.54) is 0 Å². The third-order valence-electron chi connectivity index (χ3n) is 4.94. The maximum absolute atomic E-state index is 12.0. The maximum atomic E-state index is 12.0. The Hall–Kier alpha value is -2.24. The highest BCUT2D eigenvalue weighted by atomic mass is 16.1. The molecular formula is C20H30N4O2. The van der Waals surface area contributed by atoms with Crippen molar-refractivity contribution < 1.29 is 9.59 Å². The summed E-state index contributed by atoms with van der Waals surface area (Å²) < 4.78 is 0. The third-order valence-corrected chi connectivity index (χ3v) is 4.94. The lowest BCUT2D eigenvalue weighted by atomic mass is 9.89. The molecule has 2 rings (SSSR count). The van der Waals surface area contributed by atoms with Gasteiger partial charge in [-0.15, -0.1) is 0 Å². The molecule has 2 aliphatic rings. The van der Waals surface area contributed by atoms with Crippen LogP contribution in [0, 0.1) is 0 Å². The highest BCUT2D eigenvalue weighted by Gasteiger charge is 2.26. The summed E-state index contributed by atoms with van der Waals surface area (Å²) in [6.07, 6.45) is 7.63. The molecule has 0 spiro atoms. The van der Waals surface area contributed by atoms with Crippen LogP contribution in [0.3, 0.4) is 0 Å². The van der Waals surface area contributed by atoms with E-state index in [0.29, 0.717) is 24.2 Å². The van der Waals surface area contributed by atoms with Gasteiger partial charge in [-0.2, -0.15) is 0 Å². The molecule has 1 aliphatic carbocycles.